The SMILES string of the molecule is COc1cccc(CC(Oc2ccccc2OC)C(=O)O)c1. The van der Waals surface area contributed by atoms with Crippen molar-refractivity contribution in [2.24, 2.45) is 0 Å². The van der Waals surface area contributed by atoms with E-state index in [4.69, 9.17) is 14.2 Å². The van der Waals surface area contributed by atoms with Crippen molar-refractivity contribution in [1.29, 1.82) is 0 Å². The Hall–Kier alpha value is -2.69. The number of ether oxygens (including phenoxy) is 3. The predicted molar refractivity (Wildman–Crippen MR) is 81.7 cm³/mol. The van der Waals surface area contributed by atoms with E-state index in [1.54, 1.807) is 43.5 Å². The fourth-order valence-electron chi connectivity index (χ4n) is 2.06. The second-order valence-electron chi connectivity index (χ2n) is 4.65. The van der Waals surface area contributed by atoms with E-state index in [9.17, 15) is 9.90 Å². The topological polar surface area (TPSA) is 65.0 Å². The lowest BCUT2D eigenvalue weighted by Gasteiger charge is -2.17. The monoisotopic (exact) mass is 302 g/mol. The zero-order chi connectivity index (χ0) is 15.9. The molecule has 5 nitrogen and oxygen atoms in total. The molecular formula is C17H18O5. The third-order valence-corrected chi connectivity index (χ3v) is 3.17. The molecule has 2 rings (SSSR count). The molecule has 0 radical (unpaired) electrons. The maximum Gasteiger partial charge on any atom is 0.345 e. The molecule has 0 spiro atoms. The van der Waals surface area contributed by atoms with Crippen LogP contribution >= 0.6 is 0 Å². The lowest BCUT2D eigenvalue weighted by Crippen LogP contribution is -2.29. The molecule has 0 heterocycles. The predicted octanol–water partition coefficient (Wildman–Crippen LogP) is 2.78. The van der Waals surface area contributed by atoms with Crippen LogP contribution in [0.2, 0.25) is 0 Å². The van der Waals surface area contributed by atoms with Crippen molar-refractivity contribution in [2.45, 2.75) is 12.5 Å². The molecule has 1 N–H and O–H groups in total. The van der Waals surface area contributed by atoms with Crippen LogP contribution in [0.3, 0.4) is 0 Å². The van der Waals surface area contributed by atoms with E-state index in [0.717, 1.165) is 5.56 Å². The van der Waals surface area contributed by atoms with Crippen molar-refractivity contribution in [3.05, 3.63) is 54.1 Å². The van der Waals surface area contributed by atoms with Crippen LogP contribution in [0, 0.1) is 0 Å². The van der Waals surface area contributed by atoms with Gasteiger partial charge in [0.25, 0.3) is 0 Å². The standard InChI is InChI=1S/C17H18O5/c1-20-13-7-5-6-12(10-13)11-16(17(18)19)22-15-9-4-3-8-14(15)21-2/h3-10,16H,11H2,1-2H3,(H,18,19). The van der Waals surface area contributed by atoms with Crippen LogP contribution < -0.4 is 14.2 Å². The van der Waals surface area contributed by atoms with Gasteiger partial charge in [0, 0.05) is 6.42 Å². The molecule has 0 saturated carbocycles. The summed E-state index contributed by atoms with van der Waals surface area (Å²) in [5.74, 6) is 0.548. The molecule has 0 bridgehead atoms. The first-order chi connectivity index (χ1) is 10.6. The fraction of sp³-hybridized carbons (Fsp3) is 0.235. The quantitative estimate of drug-likeness (QED) is 0.852. The Kier molecular flexibility index (Phi) is 5.25. The summed E-state index contributed by atoms with van der Waals surface area (Å²) in [4.78, 5) is 11.5. The highest BCUT2D eigenvalue weighted by atomic mass is 16.5. The van der Waals surface area contributed by atoms with E-state index in [0.29, 0.717) is 17.2 Å². The summed E-state index contributed by atoms with van der Waals surface area (Å²) in [5.41, 5.74) is 0.821. The van der Waals surface area contributed by atoms with Crippen LogP contribution in [0.1, 0.15) is 5.56 Å². The van der Waals surface area contributed by atoms with Gasteiger partial charge in [-0.25, -0.2) is 4.79 Å². The number of carbonyl (C=O) groups is 1. The second kappa shape index (κ2) is 7.36. The molecule has 2 aromatic carbocycles. The smallest absolute Gasteiger partial charge is 0.345 e. The van der Waals surface area contributed by atoms with Gasteiger partial charge in [-0.3, -0.25) is 0 Å². The highest BCUT2D eigenvalue weighted by Crippen LogP contribution is 2.27. The Morgan fingerprint density at radius 2 is 1.77 bits per heavy atom. The Morgan fingerprint density at radius 1 is 1.05 bits per heavy atom. The van der Waals surface area contributed by atoms with Crippen molar-refractivity contribution < 1.29 is 24.1 Å². The minimum absolute atomic E-state index is 0.227. The summed E-state index contributed by atoms with van der Waals surface area (Å²) in [6, 6.07) is 14.2. The third-order valence-electron chi connectivity index (χ3n) is 3.17. The Bertz CT molecular complexity index is 638. The average molecular weight is 302 g/mol. The molecule has 2 aromatic rings. The van der Waals surface area contributed by atoms with E-state index < -0.39 is 12.1 Å². The van der Waals surface area contributed by atoms with E-state index in [-0.39, 0.29) is 6.42 Å². The first-order valence-corrected chi connectivity index (χ1v) is 6.79. The number of benzene rings is 2. The largest absolute Gasteiger partial charge is 0.497 e. The lowest BCUT2D eigenvalue weighted by molar-refractivity contribution is -0.145. The molecule has 0 aromatic heterocycles. The summed E-state index contributed by atoms with van der Waals surface area (Å²) >= 11 is 0. The van der Waals surface area contributed by atoms with Gasteiger partial charge in [-0.2, -0.15) is 0 Å². The van der Waals surface area contributed by atoms with Crippen LogP contribution in [-0.4, -0.2) is 31.4 Å². The Balaban J connectivity index is 2.18. The fourth-order valence-corrected chi connectivity index (χ4v) is 2.06. The van der Waals surface area contributed by atoms with Crippen molar-refractivity contribution in [1.82, 2.24) is 0 Å². The van der Waals surface area contributed by atoms with Gasteiger partial charge < -0.3 is 19.3 Å². The number of methoxy groups -OCH3 is 2. The number of aliphatic carboxylic acids is 1. The van der Waals surface area contributed by atoms with Crippen LogP contribution in [0.25, 0.3) is 0 Å². The van der Waals surface area contributed by atoms with Gasteiger partial charge >= 0.3 is 5.97 Å². The number of para-hydroxylation sites is 2. The van der Waals surface area contributed by atoms with Crippen molar-refractivity contribution >= 4 is 5.97 Å². The van der Waals surface area contributed by atoms with Gasteiger partial charge in [-0.05, 0) is 29.8 Å². The molecule has 0 aliphatic rings. The van der Waals surface area contributed by atoms with Gasteiger partial charge in [0.15, 0.2) is 17.6 Å². The maximum absolute atomic E-state index is 11.5. The Labute approximate surface area is 129 Å². The first kappa shape index (κ1) is 15.7. The number of rotatable bonds is 7. The third kappa shape index (κ3) is 3.91. The van der Waals surface area contributed by atoms with Crippen molar-refractivity contribution in [3.63, 3.8) is 0 Å². The van der Waals surface area contributed by atoms with Crippen LogP contribution in [0.15, 0.2) is 48.5 Å². The number of carboxylic acid groups (broad SMARTS) is 1. The van der Waals surface area contributed by atoms with Crippen molar-refractivity contribution in [3.8, 4) is 17.2 Å². The second-order valence-corrected chi connectivity index (χ2v) is 4.65. The summed E-state index contributed by atoms with van der Waals surface area (Å²) < 4.78 is 15.9. The lowest BCUT2D eigenvalue weighted by atomic mass is 10.1. The normalized spacial score (nSPS) is 11.5. The van der Waals surface area contributed by atoms with Crippen molar-refractivity contribution in [2.75, 3.05) is 14.2 Å². The molecule has 0 fully saturated rings. The highest BCUT2D eigenvalue weighted by Gasteiger charge is 2.21. The average Bonchev–Trinajstić information content (AvgIpc) is 2.54. The molecule has 1 atom stereocenters. The molecule has 0 saturated heterocycles. The molecule has 0 amide bonds. The minimum Gasteiger partial charge on any atom is -0.497 e. The van der Waals surface area contributed by atoms with E-state index in [1.807, 2.05) is 12.1 Å². The molecule has 1 unspecified atom stereocenters. The summed E-state index contributed by atoms with van der Waals surface area (Å²) in [6.07, 6.45) is -0.784. The highest BCUT2D eigenvalue weighted by molar-refractivity contribution is 5.73. The molecule has 5 heteroatoms. The van der Waals surface area contributed by atoms with Crippen LogP contribution in [0.5, 0.6) is 17.2 Å². The van der Waals surface area contributed by atoms with Gasteiger partial charge in [0.05, 0.1) is 14.2 Å². The van der Waals surface area contributed by atoms with Gasteiger partial charge in [-0.15, -0.1) is 0 Å². The molecule has 116 valence electrons. The van der Waals surface area contributed by atoms with Gasteiger partial charge in [-0.1, -0.05) is 24.3 Å². The number of hydrogen-bond acceptors (Lipinski definition) is 4. The van der Waals surface area contributed by atoms with E-state index >= 15 is 0 Å². The summed E-state index contributed by atoms with van der Waals surface area (Å²) in [7, 11) is 3.08. The molecule has 0 aliphatic heterocycles. The maximum atomic E-state index is 11.5. The summed E-state index contributed by atoms with van der Waals surface area (Å²) in [5, 5.41) is 9.39. The molecule has 22 heavy (non-hydrogen) atoms. The first-order valence-electron chi connectivity index (χ1n) is 6.79. The van der Waals surface area contributed by atoms with Crippen LogP contribution in [-0.2, 0) is 11.2 Å². The van der Waals surface area contributed by atoms with Gasteiger partial charge in [0.1, 0.15) is 5.75 Å². The number of carboxylic acids is 1. The minimum atomic E-state index is -1.03. The molecule has 0 aliphatic carbocycles. The van der Waals surface area contributed by atoms with Gasteiger partial charge in [0.2, 0.25) is 0 Å². The Morgan fingerprint density at radius 3 is 2.41 bits per heavy atom. The molecular weight excluding hydrogens is 284 g/mol. The van der Waals surface area contributed by atoms with E-state index in [2.05, 4.69) is 0 Å². The van der Waals surface area contributed by atoms with E-state index in [1.165, 1.54) is 7.11 Å². The van der Waals surface area contributed by atoms with Crippen LogP contribution in [0.4, 0.5) is 0 Å². The number of hydrogen-bond donors (Lipinski definition) is 1. The summed E-state index contributed by atoms with van der Waals surface area (Å²) in [6.45, 7) is 0. The zero-order valence-electron chi connectivity index (χ0n) is 12.5. The zero-order valence-corrected chi connectivity index (χ0v) is 12.5.